The third-order valence-electron chi connectivity index (χ3n) is 4.89. The standard InChI is InChI=1S/C19H19FN2O2S/c20-18-13-15(8-9-16(18)14-5-2-1-3-6-14)17-7-4-10-22-11-12-25(23,24)21-19(17)22/h1-3,5-6,8-9,13,17H,4,7,10-12H2. The van der Waals surface area contributed by atoms with Gasteiger partial charge in [-0.1, -0.05) is 42.5 Å². The lowest BCUT2D eigenvalue weighted by Gasteiger charge is -2.37. The summed E-state index contributed by atoms with van der Waals surface area (Å²) in [6.45, 7) is 1.29. The predicted octanol–water partition coefficient (Wildman–Crippen LogP) is 3.41. The number of nitrogens with zero attached hydrogens (tertiary/aromatic N) is 2. The molecule has 1 atom stereocenters. The molecule has 0 saturated carbocycles. The molecule has 0 bridgehead atoms. The van der Waals surface area contributed by atoms with Crippen molar-refractivity contribution in [1.29, 1.82) is 0 Å². The molecule has 6 heteroatoms. The van der Waals surface area contributed by atoms with Gasteiger partial charge in [0, 0.05) is 24.6 Å². The summed E-state index contributed by atoms with van der Waals surface area (Å²) in [5.41, 5.74) is 2.17. The minimum atomic E-state index is -3.40. The Hall–Kier alpha value is -2.21. The van der Waals surface area contributed by atoms with E-state index in [0.717, 1.165) is 30.5 Å². The first-order chi connectivity index (χ1) is 12.0. The lowest BCUT2D eigenvalue weighted by Crippen LogP contribution is -2.46. The molecule has 4 rings (SSSR count). The van der Waals surface area contributed by atoms with Gasteiger partial charge in [0.25, 0.3) is 10.0 Å². The normalized spacial score (nSPS) is 22.2. The quantitative estimate of drug-likeness (QED) is 0.827. The molecule has 2 aliphatic heterocycles. The molecule has 2 aliphatic rings. The zero-order valence-electron chi connectivity index (χ0n) is 13.7. The summed E-state index contributed by atoms with van der Waals surface area (Å²) in [4.78, 5) is 2.03. The van der Waals surface area contributed by atoms with E-state index in [-0.39, 0.29) is 17.5 Å². The molecule has 4 nitrogen and oxygen atoms in total. The molecule has 0 amide bonds. The van der Waals surface area contributed by atoms with Crippen LogP contribution < -0.4 is 0 Å². The van der Waals surface area contributed by atoms with Gasteiger partial charge in [-0.15, -0.1) is 4.40 Å². The van der Waals surface area contributed by atoms with Crippen molar-refractivity contribution in [2.45, 2.75) is 18.8 Å². The molecule has 0 spiro atoms. The minimum Gasteiger partial charge on any atom is -0.358 e. The maximum Gasteiger partial charge on any atom is 0.256 e. The first kappa shape index (κ1) is 16.3. The van der Waals surface area contributed by atoms with Crippen LogP contribution in [0.3, 0.4) is 0 Å². The van der Waals surface area contributed by atoms with Gasteiger partial charge in [0.15, 0.2) is 0 Å². The number of sulfonamides is 1. The first-order valence-corrected chi connectivity index (χ1v) is 10.1. The smallest absolute Gasteiger partial charge is 0.256 e. The molecular weight excluding hydrogens is 339 g/mol. The SMILES string of the molecule is O=S1(=O)CCN2CCCC(c3ccc(-c4ccccc4)c(F)c3)C2=N1. The van der Waals surface area contributed by atoms with Crippen molar-refractivity contribution in [3.05, 3.63) is 59.9 Å². The summed E-state index contributed by atoms with van der Waals surface area (Å²) in [5.74, 6) is 0.178. The highest BCUT2D eigenvalue weighted by Crippen LogP contribution is 2.33. The topological polar surface area (TPSA) is 49.7 Å². The summed E-state index contributed by atoms with van der Waals surface area (Å²) in [6.07, 6.45) is 1.74. The van der Waals surface area contributed by atoms with E-state index in [1.807, 2.05) is 41.3 Å². The molecule has 1 unspecified atom stereocenters. The van der Waals surface area contributed by atoms with Crippen LogP contribution in [0.15, 0.2) is 52.9 Å². The van der Waals surface area contributed by atoms with Gasteiger partial charge in [-0.2, -0.15) is 0 Å². The van der Waals surface area contributed by atoms with E-state index < -0.39 is 10.0 Å². The van der Waals surface area contributed by atoms with Crippen LogP contribution in [-0.4, -0.2) is 38.0 Å². The Morgan fingerprint density at radius 3 is 2.64 bits per heavy atom. The number of rotatable bonds is 2. The van der Waals surface area contributed by atoms with Gasteiger partial charge < -0.3 is 4.90 Å². The van der Waals surface area contributed by atoms with Crippen LogP contribution in [-0.2, 0) is 10.0 Å². The molecule has 1 saturated heterocycles. The van der Waals surface area contributed by atoms with Crippen LogP contribution in [0.2, 0.25) is 0 Å². The van der Waals surface area contributed by atoms with Crippen molar-refractivity contribution in [3.8, 4) is 11.1 Å². The van der Waals surface area contributed by atoms with E-state index in [4.69, 9.17) is 0 Å². The third-order valence-corrected chi connectivity index (χ3v) is 6.05. The van der Waals surface area contributed by atoms with Crippen LogP contribution in [0.4, 0.5) is 4.39 Å². The number of benzene rings is 2. The highest BCUT2D eigenvalue weighted by atomic mass is 32.2. The van der Waals surface area contributed by atoms with E-state index in [2.05, 4.69) is 4.40 Å². The Labute approximate surface area is 147 Å². The van der Waals surface area contributed by atoms with E-state index >= 15 is 0 Å². The second-order valence-electron chi connectivity index (χ2n) is 6.52. The fraction of sp³-hybridized carbons (Fsp3) is 0.316. The van der Waals surface area contributed by atoms with Crippen LogP contribution >= 0.6 is 0 Å². The number of piperidine rings is 1. The number of amidine groups is 1. The maximum absolute atomic E-state index is 14.7. The Morgan fingerprint density at radius 1 is 1.08 bits per heavy atom. The predicted molar refractivity (Wildman–Crippen MR) is 96.6 cm³/mol. The summed E-state index contributed by atoms with van der Waals surface area (Å²) in [6, 6.07) is 14.6. The molecule has 2 aromatic carbocycles. The summed E-state index contributed by atoms with van der Waals surface area (Å²) in [7, 11) is -3.40. The third kappa shape index (κ3) is 3.18. The zero-order chi connectivity index (χ0) is 17.4. The highest BCUT2D eigenvalue weighted by Gasteiger charge is 2.33. The first-order valence-electron chi connectivity index (χ1n) is 8.46. The largest absolute Gasteiger partial charge is 0.358 e. The highest BCUT2D eigenvalue weighted by molar-refractivity contribution is 7.90. The number of fused-ring (bicyclic) bond motifs is 1. The second kappa shape index (κ2) is 6.26. The molecule has 2 aromatic rings. The fourth-order valence-electron chi connectivity index (χ4n) is 3.63. The molecule has 25 heavy (non-hydrogen) atoms. The molecule has 0 aliphatic carbocycles. The zero-order valence-corrected chi connectivity index (χ0v) is 14.5. The van der Waals surface area contributed by atoms with Gasteiger partial charge in [-0.25, -0.2) is 12.8 Å². The summed E-state index contributed by atoms with van der Waals surface area (Å²) >= 11 is 0. The van der Waals surface area contributed by atoms with Gasteiger partial charge in [0.05, 0.1) is 5.75 Å². The van der Waals surface area contributed by atoms with Gasteiger partial charge >= 0.3 is 0 Å². The van der Waals surface area contributed by atoms with Crippen molar-refractivity contribution in [1.82, 2.24) is 4.90 Å². The number of hydrogen-bond acceptors (Lipinski definition) is 3. The van der Waals surface area contributed by atoms with Crippen molar-refractivity contribution in [2.24, 2.45) is 4.40 Å². The van der Waals surface area contributed by atoms with E-state index in [1.54, 1.807) is 6.07 Å². The van der Waals surface area contributed by atoms with Gasteiger partial charge in [0.1, 0.15) is 11.7 Å². The second-order valence-corrected chi connectivity index (χ2v) is 8.28. The van der Waals surface area contributed by atoms with Crippen LogP contribution in [0, 0.1) is 5.82 Å². The monoisotopic (exact) mass is 358 g/mol. The van der Waals surface area contributed by atoms with E-state index in [0.29, 0.717) is 17.9 Å². The molecule has 0 aromatic heterocycles. The number of hydrogen-bond donors (Lipinski definition) is 0. The Balaban J connectivity index is 1.72. The molecule has 0 N–H and O–H groups in total. The van der Waals surface area contributed by atoms with Gasteiger partial charge in [0.2, 0.25) is 0 Å². The van der Waals surface area contributed by atoms with Crippen LogP contribution in [0.1, 0.15) is 24.3 Å². The molecule has 2 heterocycles. The van der Waals surface area contributed by atoms with Crippen molar-refractivity contribution >= 4 is 15.9 Å². The van der Waals surface area contributed by atoms with Crippen molar-refractivity contribution in [3.63, 3.8) is 0 Å². The van der Waals surface area contributed by atoms with Crippen molar-refractivity contribution < 1.29 is 12.8 Å². The summed E-state index contributed by atoms with van der Waals surface area (Å²) < 4.78 is 42.5. The Morgan fingerprint density at radius 2 is 1.88 bits per heavy atom. The number of halogens is 1. The molecule has 130 valence electrons. The average Bonchev–Trinajstić information content (AvgIpc) is 2.61. The minimum absolute atomic E-state index is 0.0600. The van der Waals surface area contributed by atoms with E-state index in [1.165, 1.54) is 6.07 Å². The van der Waals surface area contributed by atoms with E-state index in [9.17, 15) is 12.8 Å². The Bertz CT molecular complexity index is 926. The summed E-state index contributed by atoms with van der Waals surface area (Å²) in [5, 5.41) is 0. The maximum atomic E-state index is 14.7. The Kier molecular flexibility index (Phi) is 4.07. The lowest BCUT2D eigenvalue weighted by atomic mass is 9.88. The van der Waals surface area contributed by atoms with Crippen LogP contribution in [0.25, 0.3) is 11.1 Å². The fourth-order valence-corrected chi connectivity index (χ4v) is 4.70. The van der Waals surface area contributed by atoms with Gasteiger partial charge in [-0.05, 0) is 30.0 Å². The van der Waals surface area contributed by atoms with Gasteiger partial charge in [-0.3, -0.25) is 0 Å². The molecule has 1 fully saturated rings. The molecule has 0 radical (unpaired) electrons. The average molecular weight is 358 g/mol. The lowest BCUT2D eigenvalue weighted by molar-refractivity contribution is 0.366. The van der Waals surface area contributed by atoms with Crippen molar-refractivity contribution in [2.75, 3.05) is 18.8 Å². The van der Waals surface area contributed by atoms with Crippen LogP contribution in [0.5, 0.6) is 0 Å². The molecular formula is C19H19FN2O2S.